The zero-order valence-corrected chi connectivity index (χ0v) is 7.46. The van der Waals surface area contributed by atoms with E-state index in [2.05, 4.69) is 4.74 Å². The Bertz CT molecular complexity index is 275. The first-order chi connectivity index (χ1) is 5.65. The van der Waals surface area contributed by atoms with Gasteiger partial charge in [0.05, 0.1) is 19.3 Å². The molecule has 3 heteroatoms. The Kier molecular flexibility index (Phi) is 2.53. The maximum Gasteiger partial charge on any atom is 0.312 e. The van der Waals surface area contributed by atoms with E-state index in [1.165, 1.54) is 7.11 Å². The molecular weight excluding hydrogens is 156 g/mol. The molecule has 0 aliphatic heterocycles. The van der Waals surface area contributed by atoms with Gasteiger partial charge in [0.2, 0.25) is 0 Å². The summed E-state index contributed by atoms with van der Waals surface area (Å²) in [6.45, 7) is 3.63. The number of furan rings is 1. The van der Waals surface area contributed by atoms with Crippen molar-refractivity contribution in [2.45, 2.75) is 19.8 Å². The number of methoxy groups -OCH3 is 1. The SMILES string of the molecule is COC(=O)C(C)c1coc(C)c1. The van der Waals surface area contributed by atoms with Crippen LogP contribution in [0.1, 0.15) is 24.2 Å². The van der Waals surface area contributed by atoms with Gasteiger partial charge in [0.1, 0.15) is 5.76 Å². The summed E-state index contributed by atoms with van der Waals surface area (Å²) >= 11 is 0. The van der Waals surface area contributed by atoms with Gasteiger partial charge in [-0.05, 0) is 19.9 Å². The monoisotopic (exact) mass is 168 g/mol. The molecule has 66 valence electrons. The highest BCUT2D eigenvalue weighted by Crippen LogP contribution is 2.18. The number of hydrogen-bond acceptors (Lipinski definition) is 3. The highest BCUT2D eigenvalue weighted by molar-refractivity contribution is 5.77. The lowest BCUT2D eigenvalue weighted by Gasteiger charge is -2.04. The zero-order valence-electron chi connectivity index (χ0n) is 7.46. The zero-order chi connectivity index (χ0) is 9.14. The molecule has 0 saturated carbocycles. The Labute approximate surface area is 71.3 Å². The van der Waals surface area contributed by atoms with Crippen molar-refractivity contribution in [2.24, 2.45) is 0 Å². The molecule has 0 aliphatic carbocycles. The highest BCUT2D eigenvalue weighted by Gasteiger charge is 2.16. The van der Waals surface area contributed by atoms with E-state index in [1.807, 2.05) is 13.0 Å². The molecule has 0 fully saturated rings. The second-order valence-corrected chi connectivity index (χ2v) is 2.74. The minimum absolute atomic E-state index is 0.240. The lowest BCUT2D eigenvalue weighted by Crippen LogP contribution is -2.09. The lowest BCUT2D eigenvalue weighted by molar-refractivity contribution is -0.142. The summed E-state index contributed by atoms with van der Waals surface area (Å²) in [5.41, 5.74) is 0.861. The Morgan fingerprint density at radius 3 is 2.75 bits per heavy atom. The number of carbonyl (C=O) groups excluding carboxylic acids is 1. The van der Waals surface area contributed by atoms with Gasteiger partial charge in [0.25, 0.3) is 0 Å². The van der Waals surface area contributed by atoms with Crippen molar-refractivity contribution < 1.29 is 13.9 Å². The molecule has 0 N–H and O–H groups in total. The van der Waals surface area contributed by atoms with Crippen molar-refractivity contribution in [3.8, 4) is 0 Å². The Morgan fingerprint density at radius 1 is 1.67 bits per heavy atom. The largest absolute Gasteiger partial charge is 0.469 e. The fraction of sp³-hybridized carbons (Fsp3) is 0.444. The van der Waals surface area contributed by atoms with Crippen molar-refractivity contribution >= 4 is 5.97 Å². The second kappa shape index (κ2) is 3.43. The average molecular weight is 168 g/mol. The fourth-order valence-electron chi connectivity index (χ4n) is 1.00. The third-order valence-corrected chi connectivity index (χ3v) is 1.81. The molecule has 1 heterocycles. The lowest BCUT2D eigenvalue weighted by atomic mass is 10.1. The predicted octanol–water partition coefficient (Wildman–Crippen LogP) is 1.86. The molecule has 3 nitrogen and oxygen atoms in total. The molecule has 0 saturated heterocycles. The summed E-state index contributed by atoms with van der Waals surface area (Å²) in [6, 6.07) is 1.83. The molecule has 1 aromatic heterocycles. The van der Waals surface area contributed by atoms with Crippen LogP contribution in [0, 0.1) is 6.92 Å². The van der Waals surface area contributed by atoms with Gasteiger partial charge in [0, 0.05) is 5.56 Å². The molecule has 1 rings (SSSR count). The molecule has 0 spiro atoms. The predicted molar refractivity (Wildman–Crippen MR) is 43.9 cm³/mol. The summed E-state index contributed by atoms with van der Waals surface area (Å²) in [6.07, 6.45) is 1.58. The minimum atomic E-state index is -0.243. The first-order valence-electron chi connectivity index (χ1n) is 3.78. The van der Waals surface area contributed by atoms with E-state index in [0.717, 1.165) is 11.3 Å². The van der Waals surface area contributed by atoms with Crippen LogP contribution in [-0.4, -0.2) is 13.1 Å². The van der Waals surface area contributed by atoms with Gasteiger partial charge in [-0.3, -0.25) is 4.79 Å². The van der Waals surface area contributed by atoms with Gasteiger partial charge in [-0.2, -0.15) is 0 Å². The quantitative estimate of drug-likeness (QED) is 0.633. The van der Waals surface area contributed by atoms with Crippen molar-refractivity contribution in [2.75, 3.05) is 7.11 Å². The third kappa shape index (κ3) is 1.67. The summed E-state index contributed by atoms with van der Waals surface area (Å²) in [4.78, 5) is 11.1. The molecule has 0 amide bonds. The summed E-state index contributed by atoms with van der Waals surface area (Å²) in [5, 5.41) is 0. The van der Waals surface area contributed by atoms with Crippen LogP contribution in [0.5, 0.6) is 0 Å². The molecule has 12 heavy (non-hydrogen) atoms. The molecule has 0 bridgehead atoms. The van der Waals surface area contributed by atoms with Crippen LogP contribution in [0.15, 0.2) is 16.7 Å². The standard InChI is InChI=1S/C9H12O3/c1-6-4-8(5-12-6)7(2)9(10)11-3/h4-5,7H,1-3H3. The average Bonchev–Trinajstić information content (AvgIpc) is 2.49. The normalized spacial score (nSPS) is 12.6. The second-order valence-electron chi connectivity index (χ2n) is 2.74. The number of aryl methyl sites for hydroxylation is 1. The van der Waals surface area contributed by atoms with Crippen LogP contribution in [0.4, 0.5) is 0 Å². The van der Waals surface area contributed by atoms with Crippen LogP contribution in [0.25, 0.3) is 0 Å². The Hall–Kier alpha value is -1.25. The van der Waals surface area contributed by atoms with Crippen LogP contribution in [-0.2, 0) is 9.53 Å². The van der Waals surface area contributed by atoms with E-state index in [9.17, 15) is 4.79 Å². The van der Waals surface area contributed by atoms with Gasteiger partial charge < -0.3 is 9.15 Å². The van der Waals surface area contributed by atoms with Crippen LogP contribution in [0.3, 0.4) is 0 Å². The summed E-state index contributed by atoms with van der Waals surface area (Å²) in [5.74, 6) is 0.323. The number of carbonyl (C=O) groups is 1. The number of rotatable bonds is 2. The molecule has 0 radical (unpaired) electrons. The van der Waals surface area contributed by atoms with Crippen molar-refractivity contribution in [3.05, 3.63) is 23.7 Å². The van der Waals surface area contributed by atoms with E-state index < -0.39 is 0 Å². The Balaban J connectivity index is 2.77. The fourth-order valence-corrected chi connectivity index (χ4v) is 1.00. The van der Waals surface area contributed by atoms with Gasteiger partial charge in [-0.15, -0.1) is 0 Å². The first kappa shape index (κ1) is 8.84. The van der Waals surface area contributed by atoms with E-state index in [4.69, 9.17) is 4.42 Å². The number of esters is 1. The Morgan fingerprint density at radius 2 is 2.33 bits per heavy atom. The van der Waals surface area contributed by atoms with Gasteiger partial charge in [-0.25, -0.2) is 0 Å². The highest BCUT2D eigenvalue weighted by atomic mass is 16.5. The minimum Gasteiger partial charge on any atom is -0.469 e. The maximum atomic E-state index is 11.1. The van der Waals surface area contributed by atoms with Gasteiger partial charge in [0.15, 0.2) is 0 Å². The first-order valence-corrected chi connectivity index (χ1v) is 3.78. The number of hydrogen-bond donors (Lipinski definition) is 0. The van der Waals surface area contributed by atoms with Gasteiger partial charge >= 0.3 is 5.97 Å². The van der Waals surface area contributed by atoms with E-state index in [1.54, 1.807) is 13.2 Å². The van der Waals surface area contributed by atoms with Crippen LogP contribution >= 0.6 is 0 Å². The van der Waals surface area contributed by atoms with Crippen molar-refractivity contribution in [3.63, 3.8) is 0 Å². The topological polar surface area (TPSA) is 39.4 Å². The van der Waals surface area contributed by atoms with E-state index >= 15 is 0 Å². The van der Waals surface area contributed by atoms with E-state index in [0.29, 0.717) is 0 Å². The molecule has 1 aromatic rings. The summed E-state index contributed by atoms with van der Waals surface area (Å²) in [7, 11) is 1.38. The molecule has 1 atom stereocenters. The molecular formula is C9H12O3. The van der Waals surface area contributed by atoms with Gasteiger partial charge in [-0.1, -0.05) is 0 Å². The van der Waals surface area contributed by atoms with Crippen molar-refractivity contribution in [1.82, 2.24) is 0 Å². The maximum absolute atomic E-state index is 11.1. The molecule has 0 aliphatic rings. The third-order valence-electron chi connectivity index (χ3n) is 1.81. The molecule has 0 aromatic carbocycles. The van der Waals surface area contributed by atoms with E-state index in [-0.39, 0.29) is 11.9 Å². The van der Waals surface area contributed by atoms with Crippen LogP contribution in [0.2, 0.25) is 0 Å². The van der Waals surface area contributed by atoms with Crippen LogP contribution < -0.4 is 0 Å². The van der Waals surface area contributed by atoms with Crippen molar-refractivity contribution in [1.29, 1.82) is 0 Å². The number of ether oxygens (including phenoxy) is 1. The molecule has 1 unspecified atom stereocenters. The smallest absolute Gasteiger partial charge is 0.312 e. The summed E-state index contributed by atoms with van der Waals surface area (Å²) < 4.78 is 9.67.